The van der Waals surface area contributed by atoms with Crippen LogP contribution in [0.1, 0.15) is 0 Å². The normalized spacial score (nSPS) is 11.3. The van der Waals surface area contributed by atoms with E-state index in [1.165, 1.54) is 21.9 Å². The van der Waals surface area contributed by atoms with E-state index < -0.39 is 7.12 Å². The Hall–Kier alpha value is -3.92. The van der Waals surface area contributed by atoms with E-state index in [1.54, 1.807) is 0 Å². The first kappa shape index (κ1) is 19.7. The molecule has 6 aromatic rings. The van der Waals surface area contributed by atoms with Crippen LogP contribution in [0.15, 0.2) is 115 Å². The average Bonchev–Trinajstić information content (AvgIpc) is 2.87. The molecule has 0 aliphatic rings. The van der Waals surface area contributed by atoms with E-state index in [9.17, 15) is 10.0 Å². The maximum Gasteiger partial charge on any atom is 0.489 e. The minimum Gasteiger partial charge on any atom is -0.423 e. The topological polar surface area (TPSA) is 40.5 Å². The van der Waals surface area contributed by atoms with Gasteiger partial charge in [0.15, 0.2) is 0 Å². The molecule has 0 fully saturated rings. The zero-order chi connectivity index (χ0) is 22.4. The van der Waals surface area contributed by atoms with Gasteiger partial charge in [-0.1, -0.05) is 115 Å². The molecule has 2 nitrogen and oxygen atoms in total. The standard InChI is InChI=1S/C30H21BO2/c32-31(33)30-27-13-5-3-11-25(27)29(26-12-4-6-14-28(26)30)22-18-16-21(17-19-22)24-15-7-9-20-8-1-2-10-23(20)24/h1-19,32-33H. The van der Waals surface area contributed by atoms with Gasteiger partial charge in [-0.2, -0.15) is 0 Å². The van der Waals surface area contributed by atoms with Crippen molar-refractivity contribution in [3.8, 4) is 22.3 Å². The summed E-state index contributed by atoms with van der Waals surface area (Å²) in [6.07, 6.45) is 0. The first-order chi connectivity index (χ1) is 16.2. The number of benzene rings is 6. The minimum atomic E-state index is -1.54. The lowest BCUT2D eigenvalue weighted by Crippen LogP contribution is -2.31. The van der Waals surface area contributed by atoms with E-state index in [1.807, 2.05) is 36.4 Å². The Balaban J connectivity index is 1.59. The maximum atomic E-state index is 10.2. The fraction of sp³-hybridized carbons (Fsp3) is 0. The predicted molar refractivity (Wildman–Crippen MR) is 140 cm³/mol. The van der Waals surface area contributed by atoms with Gasteiger partial charge in [0.1, 0.15) is 0 Å². The molecular weight excluding hydrogens is 403 g/mol. The van der Waals surface area contributed by atoms with Gasteiger partial charge in [0.2, 0.25) is 0 Å². The highest BCUT2D eigenvalue weighted by atomic mass is 16.4. The molecular formula is C30H21BO2. The van der Waals surface area contributed by atoms with Crippen LogP contribution in [-0.2, 0) is 0 Å². The van der Waals surface area contributed by atoms with Crippen molar-refractivity contribution in [2.45, 2.75) is 0 Å². The zero-order valence-electron chi connectivity index (χ0n) is 17.9. The van der Waals surface area contributed by atoms with Crippen molar-refractivity contribution in [1.29, 1.82) is 0 Å². The van der Waals surface area contributed by atoms with Gasteiger partial charge < -0.3 is 10.0 Å². The monoisotopic (exact) mass is 424 g/mol. The average molecular weight is 424 g/mol. The molecule has 6 aromatic carbocycles. The molecule has 0 heterocycles. The molecule has 0 saturated heterocycles. The smallest absolute Gasteiger partial charge is 0.423 e. The van der Waals surface area contributed by atoms with Crippen molar-refractivity contribution in [3.63, 3.8) is 0 Å². The van der Waals surface area contributed by atoms with Crippen molar-refractivity contribution >= 4 is 44.9 Å². The summed E-state index contributed by atoms with van der Waals surface area (Å²) in [4.78, 5) is 0. The lowest BCUT2D eigenvalue weighted by atomic mass is 9.72. The van der Waals surface area contributed by atoms with Crippen LogP contribution in [0.25, 0.3) is 54.6 Å². The Labute approximate surface area is 192 Å². The fourth-order valence-electron chi connectivity index (χ4n) is 5.04. The van der Waals surface area contributed by atoms with Gasteiger partial charge >= 0.3 is 7.12 Å². The first-order valence-electron chi connectivity index (χ1n) is 11.1. The highest BCUT2D eigenvalue weighted by molar-refractivity contribution is 6.66. The largest absolute Gasteiger partial charge is 0.489 e. The van der Waals surface area contributed by atoms with E-state index in [2.05, 4.69) is 78.9 Å². The Morgan fingerprint density at radius 1 is 0.424 bits per heavy atom. The van der Waals surface area contributed by atoms with Gasteiger partial charge in [-0.25, -0.2) is 0 Å². The first-order valence-corrected chi connectivity index (χ1v) is 11.1. The Bertz CT molecular complexity index is 1570. The van der Waals surface area contributed by atoms with Gasteiger partial charge in [0, 0.05) is 0 Å². The van der Waals surface area contributed by atoms with Crippen molar-refractivity contribution in [1.82, 2.24) is 0 Å². The summed E-state index contributed by atoms with van der Waals surface area (Å²) >= 11 is 0. The number of rotatable bonds is 3. The molecule has 33 heavy (non-hydrogen) atoms. The van der Waals surface area contributed by atoms with E-state index >= 15 is 0 Å². The van der Waals surface area contributed by atoms with Gasteiger partial charge in [0.25, 0.3) is 0 Å². The van der Waals surface area contributed by atoms with Crippen molar-refractivity contribution in [2.75, 3.05) is 0 Å². The van der Waals surface area contributed by atoms with Crippen LogP contribution in [-0.4, -0.2) is 17.2 Å². The highest BCUT2D eigenvalue weighted by Gasteiger charge is 2.22. The predicted octanol–water partition coefficient (Wildman–Crippen LogP) is 6.16. The molecule has 0 unspecified atom stereocenters. The van der Waals surface area contributed by atoms with E-state index in [4.69, 9.17) is 0 Å². The summed E-state index contributed by atoms with van der Waals surface area (Å²) in [5.41, 5.74) is 5.15. The quantitative estimate of drug-likeness (QED) is 0.264. The summed E-state index contributed by atoms with van der Waals surface area (Å²) in [6.45, 7) is 0. The van der Waals surface area contributed by atoms with Crippen LogP contribution in [0, 0.1) is 0 Å². The Morgan fingerprint density at radius 3 is 1.52 bits per heavy atom. The molecule has 0 radical (unpaired) electrons. The zero-order valence-corrected chi connectivity index (χ0v) is 17.9. The fourth-order valence-corrected chi connectivity index (χ4v) is 5.04. The van der Waals surface area contributed by atoms with Gasteiger partial charge in [-0.3, -0.25) is 0 Å². The second-order valence-corrected chi connectivity index (χ2v) is 8.36. The van der Waals surface area contributed by atoms with E-state index in [0.29, 0.717) is 5.46 Å². The van der Waals surface area contributed by atoms with Crippen molar-refractivity contribution < 1.29 is 10.0 Å². The van der Waals surface area contributed by atoms with E-state index in [0.717, 1.165) is 32.7 Å². The van der Waals surface area contributed by atoms with Gasteiger partial charge in [0.05, 0.1) is 0 Å². The minimum absolute atomic E-state index is 0.553. The third-order valence-corrected chi connectivity index (χ3v) is 6.51. The molecule has 0 amide bonds. The molecule has 156 valence electrons. The lowest BCUT2D eigenvalue weighted by molar-refractivity contribution is 0.426. The second-order valence-electron chi connectivity index (χ2n) is 8.36. The third-order valence-electron chi connectivity index (χ3n) is 6.51. The van der Waals surface area contributed by atoms with Crippen molar-refractivity contribution in [2.24, 2.45) is 0 Å². The summed E-state index contributed by atoms with van der Waals surface area (Å²) in [7, 11) is -1.54. The Kier molecular flexibility index (Phi) is 4.72. The van der Waals surface area contributed by atoms with Crippen LogP contribution in [0.4, 0.5) is 0 Å². The molecule has 2 N–H and O–H groups in total. The van der Waals surface area contributed by atoms with Gasteiger partial charge in [-0.15, -0.1) is 0 Å². The van der Waals surface area contributed by atoms with E-state index in [-0.39, 0.29) is 0 Å². The highest BCUT2D eigenvalue weighted by Crippen LogP contribution is 2.37. The van der Waals surface area contributed by atoms with Crippen LogP contribution in [0.2, 0.25) is 0 Å². The molecule has 0 atom stereocenters. The SMILES string of the molecule is OB(O)c1c2ccccc2c(-c2ccc(-c3cccc4ccccc34)cc2)c2ccccc12. The number of fused-ring (bicyclic) bond motifs is 3. The molecule has 0 spiro atoms. The molecule has 0 saturated carbocycles. The third kappa shape index (κ3) is 3.22. The second kappa shape index (κ2) is 7.89. The molecule has 6 rings (SSSR count). The van der Waals surface area contributed by atoms with Crippen LogP contribution in [0.3, 0.4) is 0 Å². The molecule has 3 heteroatoms. The van der Waals surface area contributed by atoms with Crippen LogP contribution in [0.5, 0.6) is 0 Å². The number of hydrogen-bond acceptors (Lipinski definition) is 2. The van der Waals surface area contributed by atoms with Crippen LogP contribution < -0.4 is 5.46 Å². The number of hydrogen-bond donors (Lipinski definition) is 2. The summed E-state index contributed by atoms with van der Waals surface area (Å²) in [5, 5.41) is 26.6. The lowest BCUT2D eigenvalue weighted by Gasteiger charge is -2.17. The molecule has 0 aromatic heterocycles. The summed E-state index contributed by atoms with van der Waals surface area (Å²) < 4.78 is 0. The van der Waals surface area contributed by atoms with Crippen molar-refractivity contribution in [3.05, 3.63) is 115 Å². The summed E-state index contributed by atoms with van der Waals surface area (Å²) in [5.74, 6) is 0. The van der Waals surface area contributed by atoms with Gasteiger partial charge in [-0.05, 0) is 60.0 Å². The Morgan fingerprint density at radius 2 is 0.909 bits per heavy atom. The molecule has 0 bridgehead atoms. The molecule has 0 aliphatic carbocycles. The maximum absolute atomic E-state index is 10.2. The van der Waals surface area contributed by atoms with Crippen LogP contribution >= 0.6 is 0 Å². The molecule has 0 aliphatic heterocycles. The summed E-state index contributed by atoms with van der Waals surface area (Å²) in [6, 6.07) is 39.5.